The van der Waals surface area contributed by atoms with Gasteiger partial charge in [0.2, 0.25) is 0 Å². The highest BCUT2D eigenvalue weighted by atomic mass is 32.1. The lowest BCUT2D eigenvalue weighted by Gasteiger charge is -2.32. The lowest BCUT2D eigenvalue weighted by molar-refractivity contribution is -0.0559. The summed E-state index contributed by atoms with van der Waals surface area (Å²) in [5, 5.41) is 0.975. The zero-order valence-electron chi connectivity index (χ0n) is 12.9. The van der Waals surface area contributed by atoms with E-state index in [1.54, 1.807) is 0 Å². The van der Waals surface area contributed by atoms with Crippen LogP contribution in [0.3, 0.4) is 0 Å². The van der Waals surface area contributed by atoms with E-state index >= 15 is 0 Å². The van der Waals surface area contributed by atoms with Crippen molar-refractivity contribution in [2.45, 2.75) is 39.5 Å². The molecule has 1 aliphatic rings. The van der Waals surface area contributed by atoms with Crippen molar-refractivity contribution in [3.05, 3.63) is 27.8 Å². The molecule has 2 aromatic rings. The Labute approximate surface area is 132 Å². The first-order valence-corrected chi connectivity index (χ1v) is 8.14. The third-order valence-corrected chi connectivity index (χ3v) is 5.27. The molecule has 1 saturated heterocycles. The second-order valence-electron chi connectivity index (χ2n) is 6.00. The van der Waals surface area contributed by atoms with E-state index in [2.05, 4.69) is 4.98 Å². The number of carbonyl (C=O) groups excluding carboxylic acids is 1. The first-order valence-electron chi connectivity index (χ1n) is 7.33. The predicted molar refractivity (Wildman–Crippen MR) is 83.9 cm³/mol. The molecule has 0 saturated carbocycles. The van der Waals surface area contributed by atoms with E-state index in [-0.39, 0.29) is 12.3 Å². The molecule has 3 heterocycles. The van der Waals surface area contributed by atoms with E-state index in [0.29, 0.717) is 17.8 Å². The van der Waals surface area contributed by atoms with Gasteiger partial charge in [-0.1, -0.05) is 0 Å². The summed E-state index contributed by atoms with van der Waals surface area (Å²) < 4.78 is 27.1. The number of hydrogen-bond donors (Lipinski definition) is 0. The van der Waals surface area contributed by atoms with Gasteiger partial charge < -0.3 is 4.90 Å². The Morgan fingerprint density at radius 2 is 2.09 bits per heavy atom. The molecular formula is C16H18F2N2OS. The molecule has 0 aliphatic carbocycles. The highest BCUT2D eigenvalue weighted by molar-refractivity contribution is 7.20. The van der Waals surface area contributed by atoms with Gasteiger partial charge in [-0.25, -0.2) is 13.8 Å². The number of alkyl halides is 2. The predicted octanol–water partition coefficient (Wildman–Crippen LogP) is 4.09. The maximum Gasteiger partial charge on any atom is 0.265 e. The molecule has 0 spiro atoms. The minimum absolute atomic E-state index is 0.137. The number of pyridine rings is 1. The highest BCUT2D eigenvalue weighted by Gasteiger charge is 2.38. The third-order valence-electron chi connectivity index (χ3n) is 4.10. The van der Waals surface area contributed by atoms with Gasteiger partial charge in [0.05, 0.1) is 11.4 Å². The van der Waals surface area contributed by atoms with Crippen LogP contribution in [0.2, 0.25) is 0 Å². The lowest BCUT2D eigenvalue weighted by atomic mass is 10.1. The van der Waals surface area contributed by atoms with Gasteiger partial charge in [-0.15, -0.1) is 11.3 Å². The molecule has 6 heteroatoms. The number of aromatic nitrogens is 1. The van der Waals surface area contributed by atoms with Crippen molar-refractivity contribution in [1.82, 2.24) is 9.88 Å². The van der Waals surface area contributed by atoms with Crippen molar-refractivity contribution in [3.8, 4) is 0 Å². The number of carbonyl (C=O) groups is 1. The van der Waals surface area contributed by atoms with E-state index in [1.807, 2.05) is 26.8 Å². The molecular weight excluding hydrogens is 306 g/mol. The van der Waals surface area contributed by atoms with E-state index in [0.717, 1.165) is 27.0 Å². The summed E-state index contributed by atoms with van der Waals surface area (Å²) >= 11 is 1.31. The van der Waals surface area contributed by atoms with Gasteiger partial charge >= 0.3 is 0 Å². The standard InChI is InChI=1S/C16H18F2N2OS/c1-9-7-10(2)19-14-12(9)11(3)13(22-14)15(21)20-6-4-5-16(17,18)8-20/h7H,4-6,8H2,1-3H3. The van der Waals surface area contributed by atoms with Crippen LogP contribution in [0, 0.1) is 20.8 Å². The maximum atomic E-state index is 13.5. The zero-order valence-corrected chi connectivity index (χ0v) is 13.7. The molecule has 3 nitrogen and oxygen atoms in total. The zero-order chi connectivity index (χ0) is 16.1. The van der Waals surface area contributed by atoms with Gasteiger partial charge in [0.15, 0.2) is 0 Å². The average Bonchev–Trinajstić information content (AvgIpc) is 2.73. The van der Waals surface area contributed by atoms with Crippen LogP contribution in [-0.4, -0.2) is 34.8 Å². The minimum atomic E-state index is -2.77. The molecule has 2 aromatic heterocycles. The van der Waals surface area contributed by atoms with Crippen molar-refractivity contribution in [3.63, 3.8) is 0 Å². The van der Waals surface area contributed by atoms with Gasteiger partial charge in [0, 0.05) is 24.0 Å². The fourth-order valence-corrected chi connectivity index (χ4v) is 4.38. The first kappa shape index (κ1) is 15.3. The topological polar surface area (TPSA) is 33.2 Å². The maximum absolute atomic E-state index is 13.5. The Bertz CT molecular complexity index is 754. The van der Waals surface area contributed by atoms with Gasteiger partial charge in [-0.05, 0) is 44.4 Å². The quantitative estimate of drug-likeness (QED) is 0.791. The molecule has 0 unspecified atom stereocenters. The number of nitrogens with zero attached hydrogens (tertiary/aromatic N) is 2. The van der Waals surface area contributed by atoms with Crippen LogP contribution < -0.4 is 0 Å². The van der Waals surface area contributed by atoms with Gasteiger partial charge in [0.1, 0.15) is 4.83 Å². The van der Waals surface area contributed by atoms with Crippen LogP contribution in [0.1, 0.15) is 39.3 Å². The number of thiophene rings is 1. The summed E-state index contributed by atoms with van der Waals surface area (Å²) in [4.78, 5) is 19.7. The molecule has 0 N–H and O–H groups in total. The molecule has 0 bridgehead atoms. The van der Waals surface area contributed by atoms with E-state index in [9.17, 15) is 13.6 Å². The Morgan fingerprint density at radius 3 is 2.77 bits per heavy atom. The number of likely N-dealkylation sites (tertiary alicyclic amines) is 1. The van der Waals surface area contributed by atoms with Crippen LogP contribution >= 0.6 is 11.3 Å². The van der Waals surface area contributed by atoms with Crippen molar-refractivity contribution in [2.24, 2.45) is 0 Å². The monoisotopic (exact) mass is 324 g/mol. The fourth-order valence-electron chi connectivity index (χ4n) is 3.11. The number of rotatable bonds is 1. The summed E-state index contributed by atoms with van der Waals surface area (Å²) in [6, 6.07) is 1.98. The number of aryl methyl sites for hydroxylation is 3. The smallest absolute Gasteiger partial charge is 0.265 e. The molecule has 3 rings (SSSR count). The molecule has 0 aromatic carbocycles. The van der Waals surface area contributed by atoms with Crippen LogP contribution in [0.4, 0.5) is 8.78 Å². The van der Waals surface area contributed by atoms with Crippen molar-refractivity contribution >= 4 is 27.5 Å². The van der Waals surface area contributed by atoms with Crippen LogP contribution in [0.5, 0.6) is 0 Å². The minimum Gasteiger partial charge on any atom is -0.332 e. The molecule has 0 atom stereocenters. The number of piperidine rings is 1. The molecule has 0 radical (unpaired) electrons. The molecule has 1 aliphatic heterocycles. The van der Waals surface area contributed by atoms with Gasteiger partial charge in [-0.2, -0.15) is 0 Å². The Kier molecular flexibility index (Phi) is 3.67. The van der Waals surface area contributed by atoms with E-state index in [4.69, 9.17) is 0 Å². The lowest BCUT2D eigenvalue weighted by Crippen LogP contribution is -2.45. The normalized spacial score (nSPS) is 18.0. The van der Waals surface area contributed by atoms with E-state index in [1.165, 1.54) is 16.2 Å². The summed E-state index contributed by atoms with van der Waals surface area (Å²) in [5.41, 5.74) is 2.82. The molecule has 118 valence electrons. The Hall–Kier alpha value is -1.56. The number of hydrogen-bond acceptors (Lipinski definition) is 3. The van der Waals surface area contributed by atoms with Crippen LogP contribution in [0.25, 0.3) is 10.2 Å². The van der Waals surface area contributed by atoms with Crippen LogP contribution in [-0.2, 0) is 0 Å². The number of fused-ring (bicyclic) bond motifs is 1. The van der Waals surface area contributed by atoms with Crippen molar-refractivity contribution < 1.29 is 13.6 Å². The van der Waals surface area contributed by atoms with Crippen molar-refractivity contribution in [1.29, 1.82) is 0 Å². The molecule has 1 amide bonds. The second kappa shape index (κ2) is 5.26. The third kappa shape index (κ3) is 2.60. The SMILES string of the molecule is Cc1cc(C)c2c(C)c(C(=O)N3CCCC(F)(F)C3)sc2n1. The number of halogens is 2. The van der Waals surface area contributed by atoms with Gasteiger partial charge in [-0.3, -0.25) is 4.79 Å². The number of amides is 1. The fraction of sp³-hybridized carbons (Fsp3) is 0.500. The second-order valence-corrected chi connectivity index (χ2v) is 7.00. The molecule has 1 fully saturated rings. The van der Waals surface area contributed by atoms with Gasteiger partial charge in [0.25, 0.3) is 11.8 Å². The molecule has 22 heavy (non-hydrogen) atoms. The van der Waals surface area contributed by atoms with Crippen LogP contribution in [0.15, 0.2) is 6.07 Å². The summed E-state index contributed by atoms with van der Waals surface area (Å²) in [7, 11) is 0. The highest BCUT2D eigenvalue weighted by Crippen LogP contribution is 2.34. The van der Waals surface area contributed by atoms with E-state index < -0.39 is 12.5 Å². The van der Waals surface area contributed by atoms with Crippen molar-refractivity contribution in [2.75, 3.05) is 13.1 Å². The average molecular weight is 324 g/mol. The first-order chi connectivity index (χ1) is 10.3. The summed E-state index contributed by atoms with van der Waals surface area (Å²) in [6.45, 7) is 5.69. The Morgan fingerprint density at radius 1 is 1.36 bits per heavy atom. The Balaban J connectivity index is 2.01. The largest absolute Gasteiger partial charge is 0.332 e. The summed E-state index contributed by atoms with van der Waals surface area (Å²) in [6.07, 6.45) is 0.209. The summed E-state index contributed by atoms with van der Waals surface area (Å²) in [5.74, 6) is -3.07.